The predicted molar refractivity (Wildman–Crippen MR) is 55.5 cm³/mol. The van der Waals surface area contributed by atoms with Crippen LogP contribution in [0.4, 0.5) is 0 Å². The predicted octanol–water partition coefficient (Wildman–Crippen LogP) is 1.05. The maximum absolute atomic E-state index is 11.2. The minimum absolute atomic E-state index is 0.0527. The average molecular weight is 214 g/mol. The molecule has 86 valence electrons. The molecule has 0 aromatic heterocycles. The molecule has 0 heterocycles. The first-order chi connectivity index (χ1) is 7.10. The normalized spacial score (nSPS) is 10.0. The quantitative estimate of drug-likeness (QED) is 0.622. The highest BCUT2D eigenvalue weighted by Crippen LogP contribution is 2.02. The Labute approximate surface area is 89.7 Å². The van der Waals surface area contributed by atoms with Gasteiger partial charge in [-0.1, -0.05) is 6.92 Å². The van der Waals surface area contributed by atoms with Crippen LogP contribution in [0.3, 0.4) is 0 Å². The number of rotatable bonds is 9. The molecule has 0 radical (unpaired) electrons. The van der Waals surface area contributed by atoms with Crippen molar-refractivity contribution in [2.75, 3.05) is 6.61 Å². The van der Waals surface area contributed by atoms with Crippen LogP contribution in [0.5, 0.6) is 0 Å². The molecule has 0 saturated heterocycles. The van der Waals surface area contributed by atoms with Crippen LogP contribution in [0, 0.1) is 0 Å². The van der Waals surface area contributed by atoms with Gasteiger partial charge in [-0.2, -0.15) is 0 Å². The smallest absolute Gasteiger partial charge is 0.135 e. The Kier molecular flexibility index (Phi) is 7.72. The number of Topliss-reactive ketones (excluding diaryl/α,β-unsaturated/α-hetero) is 3. The van der Waals surface area contributed by atoms with Crippen molar-refractivity contribution in [2.45, 2.75) is 45.4 Å². The molecule has 0 aliphatic carbocycles. The second-order valence-corrected chi connectivity index (χ2v) is 3.44. The Bertz CT molecular complexity index is 233. The largest absolute Gasteiger partial charge is 0.396 e. The van der Waals surface area contributed by atoms with Crippen molar-refractivity contribution in [3.63, 3.8) is 0 Å². The fourth-order valence-electron chi connectivity index (χ4n) is 1.11. The van der Waals surface area contributed by atoms with E-state index in [2.05, 4.69) is 0 Å². The summed E-state index contributed by atoms with van der Waals surface area (Å²) in [5.41, 5.74) is 0. The van der Waals surface area contributed by atoms with Gasteiger partial charge in [-0.05, 0) is 0 Å². The summed E-state index contributed by atoms with van der Waals surface area (Å²) in [5.74, 6) is -0.0826. The molecule has 15 heavy (non-hydrogen) atoms. The molecule has 0 fully saturated rings. The number of hydrogen-bond acceptors (Lipinski definition) is 4. The van der Waals surface area contributed by atoms with Crippen LogP contribution < -0.4 is 0 Å². The van der Waals surface area contributed by atoms with E-state index in [1.54, 1.807) is 6.92 Å². The summed E-state index contributed by atoms with van der Waals surface area (Å²) in [7, 11) is 0. The van der Waals surface area contributed by atoms with Crippen molar-refractivity contribution < 1.29 is 19.5 Å². The van der Waals surface area contributed by atoms with Crippen LogP contribution in [-0.4, -0.2) is 29.1 Å². The molecule has 1 N–H and O–H groups in total. The summed E-state index contributed by atoms with van der Waals surface area (Å²) in [4.78, 5) is 33.1. The van der Waals surface area contributed by atoms with Crippen molar-refractivity contribution in [2.24, 2.45) is 0 Å². The lowest BCUT2D eigenvalue weighted by Crippen LogP contribution is -2.07. The van der Waals surface area contributed by atoms with Crippen molar-refractivity contribution in [3.05, 3.63) is 0 Å². The maximum atomic E-state index is 11.2. The Hall–Kier alpha value is -1.03. The van der Waals surface area contributed by atoms with Crippen LogP contribution >= 0.6 is 0 Å². The summed E-state index contributed by atoms with van der Waals surface area (Å²) in [6.45, 7) is 1.60. The van der Waals surface area contributed by atoms with Crippen LogP contribution in [0.1, 0.15) is 45.4 Å². The highest BCUT2D eigenvalue weighted by Gasteiger charge is 2.08. The summed E-state index contributed by atoms with van der Waals surface area (Å²) >= 11 is 0. The van der Waals surface area contributed by atoms with E-state index in [1.165, 1.54) is 0 Å². The van der Waals surface area contributed by atoms with Gasteiger partial charge in [-0.3, -0.25) is 14.4 Å². The maximum Gasteiger partial charge on any atom is 0.135 e. The number of carbonyl (C=O) groups is 3. The molecule has 0 aromatic carbocycles. The minimum atomic E-state index is -0.165. The first-order valence-corrected chi connectivity index (χ1v) is 5.26. The zero-order chi connectivity index (χ0) is 11.7. The molecule has 0 bridgehead atoms. The van der Waals surface area contributed by atoms with Gasteiger partial charge in [0.15, 0.2) is 0 Å². The molecule has 0 rings (SSSR count). The molecular formula is C11H18O4. The first kappa shape index (κ1) is 14.0. The second kappa shape index (κ2) is 8.29. The molecular weight excluding hydrogens is 196 g/mol. The lowest BCUT2D eigenvalue weighted by molar-refractivity contribution is -0.126. The van der Waals surface area contributed by atoms with E-state index in [9.17, 15) is 14.4 Å². The van der Waals surface area contributed by atoms with E-state index in [1.807, 2.05) is 0 Å². The van der Waals surface area contributed by atoms with E-state index in [4.69, 9.17) is 5.11 Å². The third-order valence-corrected chi connectivity index (χ3v) is 2.15. The van der Waals surface area contributed by atoms with Gasteiger partial charge >= 0.3 is 0 Å². The number of ketones is 3. The Morgan fingerprint density at radius 3 is 1.60 bits per heavy atom. The van der Waals surface area contributed by atoms with Gasteiger partial charge in [0.1, 0.15) is 17.3 Å². The van der Waals surface area contributed by atoms with Crippen molar-refractivity contribution in [3.8, 4) is 0 Å². The Morgan fingerprint density at radius 2 is 1.20 bits per heavy atom. The molecule has 0 saturated carbocycles. The van der Waals surface area contributed by atoms with E-state index in [0.29, 0.717) is 6.42 Å². The van der Waals surface area contributed by atoms with Crippen molar-refractivity contribution in [1.29, 1.82) is 0 Å². The molecule has 0 amide bonds. The molecule has 0 aliphatic rings. The molecule has 0 unspecified atom stereocenters. The highest BCUT2D eigenvalue weighted by molar-refractivity contribution is 5.88. The number of aliphatic hydroxyl groups is 1. The molecule has 0 aliphatic heterocycles. The monoisotopic (exact) mass is 214 g/mol. The van der Waals surface area contributed by atoms with Crippen LogP contribution in [0.25, 0.3) is 0 Å². The first-order valence-electron chi connectivity index (χ1n) is 5.26. The number of aliphatic hydroxyl groups excluding tert-OH is 1. The Morgan fingerprint density at radius 1 is 0.800 bits per heavy atom. The van der Waals surface area contributed by atoms with Crippen LogP contribution in [-0.2, 0) is 14.4 Å². The number of hydrogen-bond donors (Lipinski definition) is 1. The van der Waals surface area contributed by atoms with E-state index < -0.39 is 0 Å². The third kappa shape index (κ3) is 8.00. The zero-order valence-corrected chi connectivity index (χ0v) is 9.12. The zero-order valence-electron chi connectivity index (χ0n) is 9.12. The van der Waals surface area contributed by atoms with Crippen LogP contribution in [0.2, 0.25) is 0 Å². The van der Waals surface area contributed by atoms with E-state index in [-0.39, 0.29) is 56.1 Å². The molecule has 4 nitrogen and oxygen atoms in total. The van der Waals surface area contributed by atoms with E-state index >= 15 is 0 Å². The summed E-state index contributed by atoms with van der Waals surface area (Å²) in [6.07, 6.45) is 1.45. The lowest BCUT2D eigenvalue weighted by atomic mass is 10.0. The van der Waals surface area contributed by atoms with Crippen LogP contribution in [0.15, 0.2) is 0 Å². The summed E-state index contributed by atoms with van der Waals surface area (Å²) in [6, 6.07) is 0. The fourth-order valence-corrected chi connectivity index (χ4v) is 1.11. The van der Waals surface area contributed by atoms with Gasteiger partial charge in [0, 0.05) is 45.1 Å². The van der Waals surface area contributed by atoms with Gasteiger partial charge in [-0.15, -0.1) is 0 Å². The van der Waals surface area contributed by atoms with E-state index in [0.717, 1.165) is 0 Å². The standard InChI is InChI=1S/C11H18O4/c1-2-9(13)3-4-10(14)5-6-11(15)7-8-12/h12H,2-8H2,1H3. The fraction of sp³-hybridized carbons (Fsp3) is 0.727. The van der Waals surface area contributed by atoms with Gasteiger partial charge in [0.05, 0.1) is 0 Å². The minimum Gasteiger partial charge on any atom is -0.396 e. The van der Waals surface area contributed by atoms with Crippen molar-refractivity contribution in [1.82, 2.24) is 0 Å². The molecule has 0 atom stereocenters. The third-order valence-electron chi connectivity index (χ3n) is 2.15. The Balaban J connectivity index is 3.57. The van der Waals surface area contributed by atoms with Gasteiger partial charge in [0.2, 0.25) is 0 Å². The van der Waals surface area contributed by atoms with Crippen molar-refractivity contribution >= 4 is 17.3 Å². The van der Waals surface area contributed by atoms with Gasteiger partial charge in [-0.25, -0.2) is 0 Å². The van der Waals surface area contributed by atoms with Gasteiger partial charge < -0.3 is 5.11 Å². The summed E-state index contributed by atoms with van der Waals surface area (Å²) in [5, 5.41) is 8.46. The number of carbonyl (C=O) groups excluding carboxylic acids is 3. The highest BCUT2D eigenvalue weighted by atomic mass is 16.3. The lowest BCUT2D eigenvalue weighted by Gasteiger charge is -1.99. The second-order valence-electron chi connectivity index (χ2n) is 3.44. The molecule has 0 spiro atoms. The summed E-state index contributed by atoms with van der Waals surface area (Å²) < 4.78 is 0. The SMILES string of the molecule is CCC(=O)CCC(=O)CCC(=O)CCO. The molecule has 4 heteroatoms. The van der Waals surface area contributed by atoms with Gasteiger partial charge in [0.25, 0.3) is 0 Å². The molecule has 0 aromatic rings. The average Bonchev–Trinajstić information content (AvgIpc) is 2.23. The topological polar surface area (TPSA) is 71.4 Å².